The Morgan fingerprint density at radius 2 is 2.27 bits per heavy atom. The van der Waals surface area contributed by atoms with Crippen molar-refractivity contribution in [3.8, 4) is 5.75 Å². The number of amides is 1. The molecule has 0 bridgehead atoms. The Balaban J connectivity index is 2.01. The fourth-order valence-corrected chi connectivity index (χ4v) is 2.98. The number of aliphatic hydroxyl groups excluding tert-OH is 1. The molecule has 3 rings (SSSR count). The lowest BCUT2D eigenvalue weighted by atomic mass is 10.1. The topological polar surface area (TPSA) is 62.7 Å². The van der Waals surface area contributed by atoms with E-state index >= 15 is 0 Å². The molecule has 2 aromatic rings. The molecule has 1 aliphatic rings. The highest BCUT2D eigenvalue weighted by Crippen LogP contribution is 2.26. The van der Waals surface area contributed by atoms with E-state index in [1.54, 1.807) is 7.11 Å². The second-order valence-corrected chi connectivity index (χ2v) is 5.78. The third-order valence-electron chi connectivity index (χ3n) is 4.21. The zero-order chi connectivity index (χ0) is 15.7. The molecule has 22 heavy (non-hydrogen) atoms. The summed E-state index contributed by atoms with van der Waals surface area (Å²) < 4.78 is 5.23. The standard InChI is InChI=1S/C17H20N2O3/c1-11-7-15(17(21)19-6-5-12(9-19)10-20)14-4-3-13(22-2)8-16(14)18-11/h3-4,7-8,12,20H,5-6,9-10H2,1-2H3/t12-/m1/s1. The first-order chi connectivity index (χ1) is 10.6. The minimum atomic E-state index is 0.0108. The van der Waals surface area contributed by atoms with Gasteiger partial charge in [-0.15, -0.1) is 0 Å². The summed E-state index contributed by atoms with van der Waals surface area (Å²) in [5.74, 6) is 0.931. The molecule has 1 N–H and O–H groups in total. The van der Waals surface area contributed by atoms with Crippen molar-refractivity contribution in [2.24, 2.45) is 5.92 Å². The molecule has 1 atom stereocenters. The highest BCUT2D eigenvalue weighted by atomic mass is 16.5. The number of fused-ring (bicyclic) bond motifs is 1. The summed E-state index contributed by atoms with van der Waals surface area (Å²) in [6.45, 7) is 3.34. The largest absolute Gasteiger partial charge is 0.497 e. The average molecular weight is 300 g/mol. The van der Waals surface area contributed by atoms with Crippen LogP contribution < -0.4 is 4.74 Å². The zero-order valence-electron chi connectivity index (χ0n) is 12.9. The minimum absolute atomic E-state index is 0.0108. The third-order valence-corrected chi connectivity index (χ3v) is 4.21. The maximum Gasteiger partial charge on any atom is 0.254 e. The van der Waals surface area contributed by atoms with Crippen molar-refractivity contribution in [2.45, 2.75) is 13.3 Å². The molecule has 1 amide bonds. The maximum absolute atomic E-state index is 12.8. The van der Waals surface area contributed by atoms with E-state index in [9.17, 15) is 9.90 Å². The zero-order valence-corrected chi connectivity index (χ0v) is 12.9. The van der Waals surface area contributed by atoms with Gasteiger partial charge in [-0.3, -0.25) is 9.78 Å². The van der Waals surface area contributed by atoms with E-state index in [0.717, 1.165) is 28.8 Å². The van der Waals surface area contributed by atoms with Gasteiger partial charge in [0.05, 0.1) is 18.2 Å². The first-order valence-corrected chi connectivity index (χ1v) is 7.48. The van der Waals surface area contributed by atoms with Crippen LogP contribution in [0.3, 0.4) is 0 Å². The number of carbonyl (C=O) groups excluding carboxylic acids is 1. The van der Waals surface area contributed by atoms with E-state index < -0.39 is 0 Å². The van der Waals surface area contributed by atoms with E-state index in [-0.39, 0.29) is 18.4 Å². The van der Waals surface area contributed by atoms with Crippen LogP contribution in [0.2, 0.25) is 0 Å². The number of rotatable bonds is 3. The van der Waals surface area contributed by atoms with Gasteiger partial charge in [0.25, 0.3) is 5.91 Å². The second-order valence-electron chi connectivity index (χ2n) is 5.78. The van der Waals surface area contributed by atoms with Crippen molar-refractivity contribution in [3.05, 3.63) is 35.5 Å². The molecule has 0 aliphatic carbocycles. The normalized spacial score (nSPS) is 18.0. The lowest BCUT2D eigenvalue weighted by molar-refractivity contribution is 0.0783. The Labute approximate surface area is 129 Å². The predicted octanol–water partition coefficient (Wildman–Crippen LogP) is 2.01. The molecule has 116 valence electrons. The quantitative estimate of drug-likeness (QED) is 0.942. The number of methoxy groups -OCH3 is 1. The summed E-state index contributed by atoms with van der Waals surface area (Å²) in [6, 6.07) is 7.41. The monoisotopic (exact) mass is 300 g/mol. The Hall–Kier alpha value is -2.14. The summed E-state index contributed by atoms with van der Waals surface area (Å²) >= 11 is 0. The van der Waals surface area contributed by atoms with Crippen molar-refractivity contribution >= 4 is 16.8 Å². The van der Waals surface area contributed by atoms with Crippen LogP contribution in [-0.2, 0) is 0 Å². The number of hydrogen-bond acceptors (Lipinski definition) is 4. The highest BCUT2D eigenvalue weighted by Gasteiger charge is 2.27. The molecule has 5 heteroatoms. The van der Waals surface area contributed by atoms with E-state index in [1.807, 2.05) is 36.1 Å². The molecule has 2 heterocycles. The van der Waals surface area contributed by atoms with Crippen molar-refractivity contribution in [3.63, 3.8) is 0 Å². The molecule has 5 nitrogen and oxygen atoms in total. The van der Waals surface area contributed by atoms with Crippen LogP contribution in [0.15, 0.2) is 24.3 Å². The van der Waals surface area contributed by atoms with Crippen molar-refractivity contribution in [1.82, 2.24) is 9.88 Å². The van der Waals surface area contributed by atoms with Crippen LogP contribution in [0.1, 0.15) is 22.5 Å². The number of ether oxygens (including phenoxy) is 1. The number of hydrogen-bond donors (Lipinski definition) is 1. The lowest BCUT2D eigenvalue weighted by Gasteiger charge is -2.18. The maximum atomic E-state index is 12.8. The van der Waals surface area contributed by atoms with Gasteiger partial charge in [0.15, 0.2) is 0 Å². The van der Waals surface area contributed by atoms with Gasteiger partial charge >= 0.3 is 0 Å². The summed E-state index contributed by atoms with van der Waals surface area (Å²) in [4.78, 5) is 19.1. The van der Waals surface area contributed by atoms with Gasteiger partial charge in [-0.2, -0.15) is 0 Å². The molecule has 1 aromatic carbocycles. The fourth-order valence-electron chi connectivity index (χ4n) is 2.98. The van der Waals surface area contributed by atoms with Crippen molar-refractivity contribution < 1.29 is 14.6 Å². The predicted molar refractivity (Wildman–Crippen MR) is 84.1 cm³/mol. The first-order valence-electron chi connectivity index (χ1n) is 7.48. The van der Waals surface area contributed by atoms with Crippen LogP contribution in [0, 0.1) is 12.8 Å². The van der Waals surface area contributed by atoms with E-state index in [1.165, 1.54) is 0 Å². The highest BCUT2D eigenvalue weighted by molar-refractivity contribution is 6.06. The molecule has 0 spiro atoms. The van der Waals surface area contributed by atoms with Crippen LogP contribution >= 0.6 is 0 Å². The van der Waals surface area contributed by atoms with Crippen molar-refractivity contribution in [2.75, 3.05) is 26.8 Å². The van der Waals surface area contributed by atoms with Gasteiger partial charge < -0.3 is 14.7 Å². The summed E-state index contributed by atoms with van der Waals surface area (Å²) in [7, 11) is 1.61. The van der Waals surface area contributed by atoms with Gasteiger partial charge in [0.1, 0.15) is 5.75 Å². The van der Waals surface area contributed by atoms with Gasteiger partial charge in [0.2, 0.25) is 0 Å². The number of aromatic nitrogens is 1. The number of pyridine rings is 1. The van der Waals surface area contributed by atoms with E-state index in [4.69, 9.17) is 4.74 Å². The number of aryl methyl sites for hydroxylation is 1. The molecule has 0 saturated carbocycles. The van der Waals surface area contributed by atoms with Crippen molar-refractivity contribution in [1.29, 1.82) is 0 Å². The summed E-state index contributed by atoms with van der Waals surface area (Å²) in [5, 5.41) is 10.1. The van der Waals surface area contributed by atoms with Crippen LogP contribution in [0.5, 0.6) is 5.75 Å². The summed E-state index contributed by atoms with van der Waals surface area (Å²) in [5.41, 5.74) is 2.24. The van der Waals surface area contributed by atoms with Crippen LogP contribution in [0.4, 0.5) is 0 Å². The van der Waals surface area contributed by atoms with E-state index in [0.29, 0.717) is 18.7 Å². The Kier molecular flexibility index (Phi) is 3.98. The van der Waals surface area contributed by atoms with Crippen LogP contribution in [0.25, 0.3) is 10.9 Å². The molecular weight excluding hydrogens is 280 g/mol. The number of nitrogens with zero attached hydrogens (tertiary/aromatic N) is 2. The molecule has 1 aromatic heterocycles. The average Bonchev–Trinajstić information content (AvgIpc) is 3.01. The van der Waals surface area contributed by atoms with E-state index in [2.05, 4.69) is 4.98 Å². The van der Waals surface area contributed by atoms with Gasteiger partial charge in [-0.1, -0.05) is 0 Å². The molecule has 1 fully saturated rings. The Bertz CT molecular complexity index is 714. The van der Waals surface area contributed by atoms with Gasteiger partial charge in [0, 0.05) is 42.8 Å². The lowest BCUT2D eigenvalue weighted by Crippen LogP contribution is -2.29. The second kappa shape index (κ2) is 5.93. The molecule has 1 saturated heterocycles. The number of carbonyl (C=O) groups is 1. The molecule has 0 unspecified atom stereocenters. The van der Waals surface area contributed by atoms with Gasteiger partial charge in [-0.25, -0.2) is 0 Å². The van der Waals surface area contributed by atoms with Gasteiger partial charge in [-0.05, 0) is 31.5 Å². The fraction of sp³-hybridized carbons (Fsp3) is 0.412. The Morgan fingerprint density at radius 1 is 1.45 bits per heavy atom. The smallest absolute Gasteiger partial charge is 0.254 e. The van der Waals surface area contributed by atoms with Crippen LogP contribution in [-0.4, -0.2) is 47.7 Å². The first kappa shape index (κ1) is 14.8. The number of benzene rings is 1. The molecular formula is C17H20N2O3. The number of likely N-dealkylation sites (tertiary alicyclic amines) is 1. The number of aliphatic hydroxyl groups is 1. The Morgan fingerprint density at radius 3 is 2.95 bits per heavy atom. The molecule has 1 aliphatic heterocycles. The minimum Gasteiger partial charge on any atom is -0.497 e. The molecule has 0 radical (unpaired) electrons. The third kappa shape index (κ3) is 2.64. The SMILES string of the molecule is COc1ccc2c(C(=O)N3CC[C@@H](CO)C3)cc(C)nc2c1. The summed E-state index contributed by atoms with van der Waals surface area (Å²) in [6.07, 6.45) is 0.859.